The molecule has 0 N–H and O–H groups in total. The van der Waals surface area contributed by atoms with Crippen LogP contribution in [0.25, 0.3) is 0 Å². The number of rotatable bonds is 6. The maximum atomic E-state index is 13.8. The lowest BCUT2D eigenvalue weighted by Gasteiger charge is -2.37. The molecule has 0 aromatic heterocycles. The quantitative estimate of drug-likeness (QED) is 0.524. The Bertz CT molecular complexity index is 1400. The van der Waals surface area contributed by atoms with Crippen molar-refractivity contribution in [3.63, 3.8) is 0 Å². The molecule has 8 nitrogen and oxygen atoms in total. The van der Waals surface area contributed by atoms with Crippen LogP contribution in [0.2, 0.25) is 0 Å². The standard InChI is InChI=1S/C28H41N3O5S2/c1-19-9-8-12-31(18-19)37(32,33)25-10-11-27(36-7)26(17-25)29-13-15-30(16-14-29)38(34,35)28-23(5)21(3)20(2)22(4)24(28)6/h10-11,17,19H,8-9,12-16,18H2,1-7H3/t19-/m0/s1. The summed E-state index contributed by atoms with van der Waals surface area (Å²) in [5.74, 6) is 0.906. The van der Waals surface area contributed by atoms with Crippen LogP contribution in [0.4, 0.5) is 5.69 Å². The number of sulfonamides is 2. The van der Waals surface area contributed by atoms with E-state index in [4.69, 9.17) is 4.74 Å². The van der Waals surface area contributed by atoms with Gasteiger partial charge in [0.15, 0.2) is 0 Å². The van der Waals surface area contributed by atoms with Crippen LogP contribution < -0.4 is 9.64 Å². The Kier molecular flexibility index (Phi) is 8.19. The molecular formula is C28H41N3O5S2. The minimum Gasteiger partial charge on any atom is -0.495 e. The molecule has 2 fully saturated rings. The van der Waals surface area contributed by atoms with E-state index in [0.29, 0.717) is 61.5 Å². The van der Waals surface area contributed by atoms with E-state index < -0.39 is 20.0 Å². The molecule has 2 aliphatic heterocycles. The maximum absolute atomic E-state index is 13.8. The van der Waals surface area contributed by atoms with Gasteiger partial charge in [-0.15, -0.1) is 0 Å². The summed E-state index contributed by atoms with van der Waals surface area (Å²) in [5.41, 5.74) is 5.43. The molecule has 38 heavy (non-hydrogen) atoms. The zero-order valence-corrected chi connectivity index (χ0v) is 25.3. The molecule has 210 valence electrons. The van der Waals surface area contributed by atoms with Crippen molar-refractivity contribution in [3.8, 4) is 5.75 Å². The van der Waals surface area contributed by atoms with E-state index in [9.17, 15) is 16.8 Å². The molecule has 0 saturated carbocycles. The van der Waals surface area contributed by atoms with Crippen molar-refractivity contribution < 1.29 is 21.6 Å². The molecule has 0 unspecified atom stereocenters. The summed E-state index contributed by atoms with van der Waals surface area (Å²) in [6.07, 6.45) is 1.90. The van der Waals surface area contributed by atoms with Crippen molar-refractivity contribution in [3.05, 3.63) is 46.0 Å². The number of hydrogen-bond acceptors (Lipinski definition) is 6. The third kappa shape index (κ3) is 5.08. The molecule has 0 amide bonds. The second-order valence-electron chi connectivity index (χ2n) is 10.8. The van der Waals surface area contributed by atoms with Crippen LogP contribution in [-0.2, 0) is 20.0 Å². The van der Waals surface area contributed by atoms with Gasteiger partial charge in [0.1, 0.15) is 5.75 Å². The first-order chi connectivity index (χ1) is 17.8. The molecule has 2 aliphatic rings. The van der Waals surface area contributed by atoms with Gasteiger partial charge in [0.25, 0.3) is 0 Å². The van der Waals surface area contributed by atoms with Crippen LogP contribution in [0.5, 0.6) is 5.75 Å². The number of benzene rings is 2. The van der Waals surface area contributed by atoms with Gasteiger partial charge in [-0.3, -0.25) is 0 Å². The van der Waals surface area contributed by atoms with E-state index in [-0.39, 0.29) is 4.90 Å². The van der Waals surface area contributed by atoms with E-state index in [1.165, 1.54) is 0 Å². The minimum atomic E-state index is -3.68. The highest BCUT2D eigenvalue weighted by molar-refractivity contribution is 7.89. The second kappa shape index (κ2) is 10.8. The summed E-state index contributed by atoms with van der Waals surface area (Å²) in [6, 6.07) is 4.98. The van der Waals surface area contributed by atoms with E-state index in [0.717, 1.165) is 40.7 Å². The highest BCUT2D eigenvalue weighted by atomic mass is 32.2. The van der Waals surface area contributed by atoms with E-state index in [2.05, 4.69) is 6.92 Å². The van der Waals surface area contributed by atoms with Crippen LogP contribution in [0.1, 0.15) is 47.6 Å². The highest BCUT2D eigenvalue weighted by Gasteiger charge is 2.34. The first kappa shape index (κ1) is 28.9. The average molecular weight is 564 g/mol. The van der Waals surface area contributed by atoms with Crippen LogP contribution in [0.15, 0.2) is 28.0 Å². The molecule has 0 bridgehead atoms. The van der Waals surface area contributed by atoms with Gasteiger partial charge in [-0.1, -0.05) is 6.92 Å². The van der Waals surface area contributed by atoms with Gasteiger partial charge in [0, 0.05) is 39.3 Å². The Morgan fingerprint density at radius 2 is 1.34 bits per heavy atom. The number of anilines is 1. The Labute approximate surface area is 228 Å². The molecule has 2 heterocycles. The van der Waals surface area contributed by atoms with Crippen molar-refractivity contribution in [2.45, 2.75) is 64.2 Å². The topological polar surface area (TPSA) is 87.2 Å². The molecular weight excluding hydrogens is 522 g/mol. The largest absolute Gasteiger partial charge is 0.495 e. The monoisotopic (exact) mass is 563 g/mol. The molecule has 2 aromatic rings. The molecule has 0 spiro atoms. The van der Waals surface area contributed by atoms with Gasteiger partial charge in [0.05, 0.1) is 22.6 Å². The summed E-state index contributed by atoms with van der Waals surface area (Å²) in [4.78, 5) is 2.68. The molecule has 10 heteroatoms. The SMILES string of the molecule is COc1ccc(S(=O)(=O)N2CCC[C@H](C)C2)cc1N1CCN(S(=O)(=O)c2c(C)c(C)c(C)c(C)c2C)CC1. The van der Waals surface area contributed by atoms with Gasteiger partial charge < -0.3 is 9.64 Å². The van der Waals surface area contributed by atoms with Gasteiger partial charge in [-0.05, 0) is 99.4 Å². The Hall–Kier alpha value is -2.14. The van der Waals surface area contributed by atoms with Gasteiger partial charge >= 0.3 is 0 Å². The predicted octanol–water partition coefficient (Wildman–Crippen LogP) is 4.17. The lowest BCUT2D eigenvalue weighted by molar-refractivity contribution is 0.281. The maximum Gasteiger partial charge on any atom is 0.243 e. The van der Waals surface area contributed by atoms with Gasteiger partial charge in [-0.25, -0.2) is 16.8 Å². The molecule has 2 aromatic carbocycles. The predicted molar refractivity (Wildman–Crippen MR) is 151 cm³/mol. The van der Waals surface area contributed by atoms with Crippen LogP contribution >= 0.6 is 0 Å². The molecule has 2 saturated heterocycles. The average Bonchev–Trinajstić information content (AvgIpc) is 2.90. The van der Waals surface area contributed by atoms with Gasteiger partial charge in [-0.2, -0.15) is 8.61 Å². The van der Waals surface area contributed by atoms with Crippen LogP contribution in [-0.4, -0.2) is 71.8 Å². The Morgan fingerprint density at radius 3 is 1.89 bits per heavy atom. The van der Waals surface area contributed by atoms with Crippen molar-refractivity contribution in [1.82, 2.24) is 8.61 Å². The highest BCUT2D eigenvalue weighted by Crippen LogP contribution is 2.36. The van der Waals surface area contributed by atoms with Crippen molar-refractivity contribution >= 4 is 25.7 Å². The van der Waals surface area contributed by atoms with Gasteiger partial charge in [0.2, 0.25) is 20.0 Å². The summed E-state index contributed by atoms with van der Waals surface area (Å²) in [6.45, 7) is 14.4. The number of ether oxygens (including phenoxy) is 1. The third-order valence-electron chi connectivity index (χ3n) is 8.52. The zero-order valence-electron chi connectivity index (χ0n) is 23.7. The summed E-state index contributed by atoms with van der Waals surface area (Å²) < 4.78 is 63.2. The fourth-order valence-electron chi connectivity index (χ4n) is 5.74. The Balaban J connectivity index is 1.60. The molecule has 0 aliphatic carbocycles. The first-order valence-electron chi connectivity index (χ1n) is 13.3. The molecule has 1 atom stereocenters. The molecule has 4 rings (SSSR count). The third-order valence-corrected chi connectivity index (χ3v) is 12.6. The Morgan fingerprint density at radius 1 is 0.763 bits per heavy atom. The van der Waals surface area contributed by atoms with Crippen LogP contribution in [0.3, 0.4) is 0 Å². The smallest absolute Gasteiger partial charge is 0.243 e. The lowest BCUT2D eigenvalue weighted by Crippen LogP contribution is -2.49. The van der Waals surface area contributed by atoms with Crippen molar-refractivity contribution in [2.24, 2.45) is 5.92 Å². The number of methoxy groups -OCH3 is 1. The van der Waals surface area contributed by atoms with Crippen molar-refractivity contribution in [1.29, 1.82) is 0 Å². The number of nitrogens with zero attached hydrogens (tertiary/aromatic N) is 3. The number of piperazine rings is 1. The molecule has 0 radical (unpaired) electrons. The summed E-state index contributed by atoms with van der Waals surface area (Å²) >= 11 is 0. The van der Waals surface area contributed by atoms with Crippen molar-refractivity contribution in [2.75, 3.05) is 51.3 Å². The first-order valence-corrected chi connectivity index (χ1v) is 16.2. The summed E-state index contributed by atoms with van der Waals surface area (Å²) in [7, 11) is -5.75. The van der Waals surface area contributed by atoms with E-state index in [1.54, 1.807) is 33.9 Å². The lowest BCUT2D eigenvalue weighted by atomic mass is 9.95. The second-order valence-corrected chi connectivity index (χ2v) is 14.6. The number of piperidine rings is 1. The van der Waals surface area contributed by atoms with E-state index in [1.807, 2.05) is 39.5 Å². The normalized spacial score (nSPS) is 20.1. The fraction of sp³-hybridized carbons (Fsp3) is 0.571. The fourth-order valence-corrected chi connectivity index (χ4v) is 9.34. The summed E-state index contributed by atoms with van der Waals surface area (Å²) in [5, 5.41) is 0. The van der Waals surface area contributed by atoms with E-state index >= 15 is 0 Å². The number of hydrogen-bond donors (Lipinski definition) is 0. The van der Waals surface area contributed by atoms with Crippen LogP contribution in [0, 0.1) is 40.5 Å². The zero-order chi connectivity index (χ0) is 28.0. The minimum absolute atomic E-state index is 0.245.